The summed E-state index contributed by atoms with van der Waals surface area (Å²) in [7, 11) is -4.24. The Bertz CT molecular complexity index is 1080. The molecule has 2 aromatic carbocycles. The average Bonchev–Trinajstić information content (AvgIpc) is 2.62. The van der Waals surface area contributed by atoms with E-state index in [9.17, 15) is 23.3 Å². The number of hydrogen-bond donors (Lipinski definition) is 3. The maximum absolute atomic E-state index is 12.2. The first-order chi connectivity index (χ1) is 13.0. The van der Waals surface area contributed by atoms with Gasteiger partial charge in [0.1, 0.15) is 5.02 Å². The third-order valence-corrected chi connectivity index (χ3v) is 5.72. The molecular formula is C14H9BrCl2N4O5S2. The summed E-state index contributed by atoms with van der Waals surface area (Å²) in [5, 5.41) is 12.7. The van der Waals surface area contributed by atoms with Gasteiger partial charge in [0.25, 0.3) is 21.6 Å². The van der Waals surface area contributed by atoms with Crippen LogP contribution in [0.15, 0.2) is 45.8 Å². The van der Waals surface area contributed by atoms with E-state index in [4.69, 9.17) is 35.4 Å². The van der Waals surface area contributed by atoms with Crippen molar-refractivity contribution in [2.45, 2.75) is 4.90 Å². The summed E-state index contributed by atoms with van der Waals surface area (Å²) in [4.78, 5) is 23.7. The molecule has 2 rings (SSSR count). The Kier molecular flexibility index (Phi) is 7.31. The van der Waals surface area contributed by atoms with E-state index in [-0.39, 0.29) is 20.7 Å². The third kappa shape index (κ3) is 5.59. The second-order valence-electron chi connectivity index (χ2n) is 5.01. The lowest BCUT2D eigenvalue weighted by atomic mass is 10.2. The topological polar surface area (TPSA) is 130 Å². The summed E-state index contributed by atoms with van der Waals surface area (Å²) < 4.78 is 25.1. The van der Waals surface area contributed by atoms with Crippen LogP contribution in [0.25, 0.3) is 0 Å². The molecule has 28 heavy (non-hydrogen) atoms. The van der Waals surface area contributed by atoms with Gasteiger partial charge in [-0.2, -0.15) is 0 Å². The van der Waals surface area contributed by atoms with Crippen molar-refractivity contribution in [1.29, 1.82) is 0 Å². The predicted octanol–water partition coefficient (Wildman–Crippen LogP) is 3.16. The lowest BCUT2D eigenvalue weighted by Crippen LogP contribution is -2.48. The first-order valence-electron chi connectivity index (χ1n) is 7.03. The first kappa shape index (κ1) is 22.5. The molecule has 0 aliphatic rings. The van der Waals surface area contributed by atoms with Crippen molar-refractivity contribution in [2.24, 2.45) is 0 Å². The Hall–Kier alpha value is -1.83. The second kappa shape index (κ2) is 9.11. The first-order valence-corrected chi connectivity index (χ1v) is 10.5. The molecule has 0 radical (unpaired) electrons. The van der Waals surface area contributed by atoms with E-state index in [0.29, 0.717) is 4.47 Å². The van der Waals surface area contributed by atoms with Crippen LogP contribution in [0.3, 0.4) is 0 Å². The van der Waals surface area contributed by atoms with Gasteiger partial charge in [-0.25, -0.2) is 8.42 Å². The van der Waals surface area contributed by atoms with Gasteiger partial charge in [-0.15, -0.1) is 4.83 Å². The molecule has 9 nitrogen and oxygen atoms in total. The number of nitrogens with one attached hydrogen (secondary N) is 3. The van der Waals surface area contributed by atoms with Crippen molar-refractivity contribution >= 4 is 78.1 Å². The number of nitro groups is 1. The molecule has 0 bridgehead atoms. The molecule has 0 unspecified atom stereocenters. The standard InChI is InChI=1S/C14H9BrCl2N4O5S2/c15-7-1-3-10(16)9(5-7)13(22)18-14(27)19-20-28(25,26)8-2-4-11(17)12(6-8)21(23)24/h1-6,20H,(H2,18,19,22,27). The maximum Gasteiger partial charge on any atom is 0.289 e. The van der Waals surface area contributed by atoms with Gasteiger partial charge in [0.05, 0.1) is 20.4 Å². The van der Waals surface area contributed by atoms with Gasteiger partial charge in [-0.05, 0) is 42.5 Å². The smallest absolute Gasteiger partial charge is 0.289 e. The maximum atomic E-state index is 12.2. The monoisotopic (exact) mass is 526 g/mol. The van der Waals surface area contributed by atoms with Crippen LogP contribution < -0.4 is 15.6 Å². The number of amides is 1. The van der Waals surface area contributed by atoms with Crippen LogP contribution in [0, 0.1) is 10.1 Å². The largest absolute Gasteiger partial charge is 0.298 e. The highest BCUT2D eigenvalue weighted by molar-refractivity contribution is 9.10. The van der Waals surface area contributed by atoms with Gasteiger partial charge >= 0.3 is 0 Å². The number of rotatable bonds is 5. The summed E-state index contributed by atoms with van der Waals surface area (Å²) in [6.07, 6.45) is 0. The van der Waals surface area contributed by atoms with Gasteiger partial charge in [-0.1, -0.05) is 39.1 Å². The number of benzene rings is 2. The highest BCUT2D eigenvalue weighted by Gasteiger charge is 2.21. The van der Waals surface area contributed by atoms with Gasteiger partial charge in [0.2, 0.25) is 0 Å². The number of hydrogen-bond acceptors (Lipinski definition) is 6. The molecule has 0 aliphatic heterocycles. The number of carbonyl (C=O) groups excluding carboxylic acids is 1. The highest BCUT2D eigenvalue weighted by atomic mass is 79.9. The predicted molar refractivity (Wildman–Crippen MR) is 111 cm³/mol. The molecule has 0 saturated heterocycles. The zero-order valence-corrected chi connectivity index (χ0v) is 18.1. The summed E-state index contributed by atoms with van der Waals surface area (Å²) >= 11 is 19.6. The molecule has 0 fully saturated rings. The van der Waals surface area contributed by atoms with Crippen LogP contribution in [0.5, 0.6) is 0 Å². The molecule has 3 N–H and O–H groups in total. The molecule has 14 heteroatoms. The molecule has 0 heterocycles. The van der Waals surface area contributed by atoms with Crippen LogP contribution in [-0.4, -0.2) is 24.4 Å². The lowest BCUT2D eigenvalue weighted by molar-refractivity contribution is -0.384. The summed E-state index contributed by atoms with van der Waals surface area (Å²) in [6.45, 7) is 0. The second-order valence-corrected chi connectivity index (χ2v) is 8.83. The van der Waals surface area contributed by atoms with E-state index in [2.05, 4.69) is 26.7 Å². The summed E-state index contributed by atoms with van der Waals surface area (Å²) in [5.74, 6) is -0.676. The minimum atomic E-state index is -4.24. The van der Waals surface area contributed by atoms with E-state index in [1.54, 1.807) is 6.07 Å². The Labute approximate surface area is 182 Å². The Morgan fingerprint density at radius 2 is 1.79 bits per heavy atom. The van der Waals surface area contributed by atoms with Crippen LogP contribution in [0.2, 0.25) is 10.0 Å². The molecule has 2 aromatic rings. The lowest BCUT2D eigenvalue weighted by Gasteiger charge is -2.12. The van der Waals surface area contributed by atoms with E-state index in [1.807, 2.05) is 4.83 Å². The molecule has 0 saturated carbocycles. The third-order valence-electron chi connectivity index (χ3n) is 3.12. The zero-order chi connectivity index (χ0) is 21.1. The molecule has 0 spiro atoms. The number of nitro benzene ring substituents is 1. The molecule has 148 valence electrons. The quantitative estimate of drug-likeness (QED) is 0.309. The van der Waals surface area contributed by atoms with E-state index in [1.165, 1.54) is 12.1 Å². The van der Waals surface area contributed by atoms with E-state index < -0.39 is 31.4 Å². The fourth-order valence-corrected chi connectivity index (χ4v) is 3.67. The van der Waals surface area contributed by atoms with Crippen LogP contribution >= 0.6 is 51.3 Å². The van der Waals surface area contributed by atoms with Crippen molar-refractivity contribution in [3.05, 3.63) is 66.6 Å². The molecule has 0 aromatic heterocycles. The van der Waals surface area contributed by atoms with E-state index >= 15 is 0 Å². The number of nitrogens with zero attached hydrogens (tertiary/aromatic N) is 1. The van der Waals surface area contributed by atoms with Crippen LogP contribution in [0.1, 0.15) is 10.4 Å². The van der Waals surface area contributed by atoms with Crippen molar-refractivity contribution < 1.29 is 18.1 Å². The van der Waals surface area contributed by atoms with Crippen molar-refractivity contribution in [3.63, 3.8) is 0 Å². The summed E-state index contributed by atoms with van der Waals surface area (Å²) in [5.41, 5.74) is 1.65. The molecule has 0 atom stereocenters. The minimum Gasteiger partial charge on any atom is -0.298 e. The molecular weight excluding hydrogens is 519 g/mol. The van der Waals surface area contributed by atoms with Crippen molar-refractivity contribution in [2.75, 3.05) is 0 Å². The average molecular weight is 528 g/mol. The number of sulfonamides is 1. The Morgan fingerprint density at radius 3 is 2.43 bits per heavy atom. The number of thiocarbonyl (C=S) groups is 1. The fourth-order valence-electron chi connectivity index (χ4n) is 1.85. The van der Waals surface area contributed by atoms with Crippen molar-refractivity contribution in [3.8, 4) is 0 Å². The molecule has 1 amide bonds. The molecule has 0 aliphatic carbocycles. The van der Waals surface area contributed by atoms with Crippen LogP contribution in [0.4, 0.5) is 5.69 Å². The highest BCUT2D eigenvalue weighted by Crippen LogP contribution is 2.26. The Morgan fingerprint density at radius 1 is 1.14 bits per heavy atom. The van der Waals surface area contributed by atoms with Gasteiger partial charge in [-0.3, -0.25) is 25.7 Å². The number of halogens is 3. The van der Waals surface area contributed by atoms with Gasteiger partial charge in [0, 0.05) is 10.5 Å². The van der Waals surface area contributed by atoms with Crippen molar-refractivity contribution in [1.82, 2.24) is 15.6 Å². The van der Waals surface area contributed by atoms with Gasteiger partial charge in [0.15, 0.2) is 5.11 Å². The summed E-state index contributed by atoms with van der Waals surface area (Å²) in [6, 6.07) is 7.51. The van der Waals surface area contributed by atoms with Gasteiger partial charge < -0.3 is 0 Å². The SMILES string of the molecule is O=C(NC(=S)NNS(=O)(=O)c1ccc(Cl)c([N+](=O)[O-])c1)c1cc(Br)ccc1Cl. The number of hydrazine groups is 1. The minimum absolute atomic E-state index is 0.108. The fraction of sp³-hybridized carbons (Fsp3) is 0. The van der Waals surface area contributed by atoms with E-state index in [0.717, 1.165) is 18.2 Å². The zero-order valence-electron chi connectivity index (χ0n) is 13.4. The Balaban J connectivity index is 2.07. The van der Waals surface area contributed by atoms with Crippen LogP contribution in [-0.2, 0) is 10.0 Å². The normalized spacial score (nSPS) is 11.0. The number of carbonyl (C=O) groups is 1.